The van der Waals surface area contributed by atoms with Gasteiger partial charge < -0.3 is 14.6 Å². The van der Waals surface area contributed by atoms with E-state index in [2.05, 4.69) is 24.1 Å². The van der Waals surface area contributed by atoms with Crippen LogP contribution in [-0.2, 0) is 35.7 Å². The van der Waals surface area contributed by atoms with Crippen LogP contribution in [0.4, 0.5) is 0 Å². The molecule has 0 saturated carbocycles. The number of hydrogen-bond donors (Lipinski definition) is 1. The Morgan fingerprint density at radius 3 is 2.34 bits per heavy atom. The van der Waals surface area contributed by atoms with Gasteiger partial charge >= 0.3 is 11.7 Å². The van der Waals surface area contributed by atoms with Gasteiger partial charge in [-0.15, -0.1) is 0 Å². The molecule has 1 N–H and O–H groups in total. The van der Waals surface area contributed by atoms with Crippen molar-refractivity contribution in [3.63, 3.8) is 0 Å². The quantitative estimate of drug-likeness (QED) is 0.323. The van der Waals surface area contributed by atoms with Gasteiger partial charge in [-0.1, -0.05) is 56.3 Å². The van der Waals surface area contributed by atoms with Crippen LogP contribution >= 0.6 is 0 Å². The van der Waals surface area contributed by atoms with Crippen molar-refractivity contribution >= 4 is 23.0 Å². The normalized spacial score (nSPS) is 11.2. The average Bonchev–Trinajstić information content (AvgIpc) is 3.35. The van der Waals surface area contributed by atoms with E-state index in [4.69, 9.17) is 4.74 Å². The van der Waals surface area contributed by atoms with Gasteiger partial charge in [0, 0.05) is 13.1 Å². The second-order valence-corrected chi connectivity index (χ2v) is 9.50. The topological polar surface area (TPSA) is 117 Å². The molecule has 4 rings (SSSR count). The highest BCUT2D eigenvalue weighted by Gasteiger charge is 2.20. The Morgan fingerprint density at radius 1 is 0.974 bits per heavy atom. The number of ether oxygens (including phenoxy) is 1. The van der Waals surface area contributed by atoms with Gasteiger partial charge in [-0.25, -0.2) is 19.1 Å². The molecule has 0 saturated heterocycles. The minimum Gasteiger partial charge on any atom is -0.465 e. The smallest absolute Gasteiger partial charge is 0.337 e. The summed E-state index contributed by atoms with van der Waals surface area (Å²) >= 11 is 0. The molecule has 0 spiro atoms. The molecule has 0 radical (unpaired) electrons. The number of methoxy groups -OCH3 is 1. The molecule has 0 aliphatic carbocycles. The highest BCUT2D eigenvalue weighted by atomic mass is 16.5. The summed E-state index contributed by atoms with van der Waals surface area (Å²) in [4.78, 5) is 55.8. The van der Waals surface area contributed by atoms with E-state index >= 15 is 0 Å². The zero-order chi connectivity index (χ0) is 27.2. The molecule has 0 unspecified atom stereocenters. The van der Waals surface area contributed by atoms with Gasteiger partial charge in [0.1, 0.15) is 6.54 Å². The fourth-order valence-corrected chi connectivity index (χ4v) is 4.13. The minimum absolute atomic E-state index is 0.168. The van der Waals surface area contributed by atoms with E-state index in [1.165, 1.54) is 11.7 Å². The van der Waals surface area contributed by atoms with Crippen LogP contribution in [0.1, 0.15) is 41.8 Å². The molecule has 38 heavy (non-hydrogen) atoms. The van der Waals surface area contributed by atoms with Crippen LogP contribution in [0.15, 0.2) is 70.5 Å². The molecule has 0 aliphatic heterocycles. The Balaban J connectivity index is 1.63. The van der Waals surface area contributed by atoms with E-state index in [0.29, 0.717) is 29.2 Å². The molecule has 10 nitrogen and oxygen atoms in total. The molecule has 2 heterocycles. The monoisotopic (exact) mass is 517 g/mol. The van der Waals surface area contributed by atoms with Crippen molar-refractivity contribution in [2.75, 3.05) is 7.11 Å². The van der Waals surface area contributed by atoms with Crippen LogP contribution in [-0.4, -0.2) is 37.7 Å². The molecular formula is C28H31N5O5. The maximum Gasteiger partial charge on any atom is 0.337 e. The number of hydrogen-bond acceptors (Lipinski definition) is 6. The fraction of sp³-hybridized carbons (Fsp3) is 0.321. The lowest BCUT2D eigenvalue weighted by molar-refractivity contribution is -0.121. The highest BCUT2D eigenvalue weighted by Crippen LogP contribution is 2.12. The lowest BCUT2D eigenvalue weighted by atomic mass is 10.1. The number of fused-ring (bicyclic) bond motifs is 1. The van der Waals surface area contributed by atoms with E-state index in [1.807, 2.05) is 30.3 Å². The summed E-state index contributed by atoms with van der Waals surface area (Å²) < 4.78 is 8.86. The molecule has 0 fully saturated rings. The first-order valence-corrected chi connectivity index (χ1v) is 12.4. The number of aryl methyl sites for hydroxylation is 1. The predicted molar refractivity (Wildman–Crippen MR) is 143 cm³/mol. The maximum absolute atomic E-state index is 13.5. The fourth-order valence-electron chi connectivity index (χ4n) is 4.13. The third-order valence-corrected chi connectivity index (χ3v) is 6.28. The van der Waals surface area contributed by atoms with E-state index < -0.39 is 29.7 Å². The Labute approximate surface area is 219 Å². The Kier molecular flexibility index (Phi) is 8.20. The van der Waals surface area contributed by atoms with Crippen LogP contribution in [0, 0.1) is 5.92 Å². The summed E-state index contributed by atoms with van der Waals surface area (Å²) in [5, 5.41) is 2.74. The van der Waals surface area contributed by atoms with Crippen molar-refractivity contribution in [3.8, 4) is 0 Å². The third kappa shape index (κ3) is 5.91. The summed E-state index contributed by atoms with van der Waals surface area (Å²) in [5.74, 6) is -0.521. The summed E-state index contributed by atoms with van der Waals surface area (Å²) in [6, 6.07) is 16.0. The predicted octanol–water partition coefficient (Wildman–Crippen LogP) is 2.56. The van der Waals surface area contributed by atoms with Crippen LogP contribution < -0.4 is 16.6 Å². The van der Waals surface area contributed by atoms with Gasteiger partial charge in [-0.3, -0.25) is 14.2 Å². The van der Waals surface area contributed by atoms with Crippen molar-refractivity contribution in [2.24, 2.45) is 5.92 Å². The average molecular weight is 518 g/mol. The van der Waals surface area contributed by atoms with Crippen LogP contribution in [0.3, 0.4) is 0 Å². The van der Waals surface area contributed by atoms with E-state index in [9.17, 15) is 19.2 Å². The van der Waals surface area contributed by atoms with Crippen molar-refractivity contribution in [2.45, 2.75) is 46.4 Å². The van der Waals surface area contributed by atoms with Gasteiger partial charge in [0.25, 0.3) is 5.56 Å². The number of rotatable bonds is 10. The molecule has 198 valence electrons. The molecule has 10 heteroatoms. The number of nitrogens with one attached hydrogen (secondary N) is 1. The zero-order valence-corrected chi connectivity index (χ0v) is 21.7. The molecule has 0 atom stereocenters. The summed E-state index contributed by atoms with van der Waals surface area (Å²) in [7, 11) is 1.31. The van der Waals surface area contributed by atoms with Gasteiger partial charge in [-0.05, 0) is 35.6 Å². The molecule has 2 aromatic carbocycles. The first-order chi connectivity index (χ1) is 18.3. The summed E-state index contributed by atoms with van der Waals surface area (Å²) in [5.41, 5.74) is 1.48. The lowest BCUT2D eigenvalue weighted by Gasteiger charge is -2.13. The number of esters is 1. The summed E-state index contributed by atoms with van der Waals surface area (Å²) in [6.07, 6.45) is 2.41. The molecule has 0 bridgehead atoms. The van der Waals surface area contributed by atoms with Gasteiger partial charge in [0.05, 0.1) is 25.5 Å². The number of nitrogens with zero attached hydrogens (tertiary/aromatic N) is 4. The van der Waals surface area contributed by atoms with Gasteiger partial charge in [-0.2, -0.15) is 0 Å². The zero-order valence-electron chi connectivity index (χ0n) is 21.7. The first kappa shape index (κ1) is 26.6. The maximum atomic E-state index is 13.5. The second kappa shape index (κ2) is 11.7. The van der Waals surface area contributed by atoms with Crippen LogP contribution in [0.2, 0.25) is 0 Å². The van der Waals surface area contributed by atoms with E-state index in [1.54, 1.807) is 35.2 Å². The molecule has 1 amide bonds. The number of carbonyl (C=O) groups is 2. The number of aromatic nitrogens is 4. The van der Waals surface area contributed by atoms with Crippen molar-refractivity contribution in [1.29, 1.82) is 0 Å². The standard InChI is InChI=1S/C28H31N5O5/c1-19(2)13-14-31-18-30-25-24(31)26(35)33(28(37)32(25)16-21-7-5-4-6-8-21)17-23(34)29-15-20-9-11-22(12-10-20)27(36)38-3/h4-12,18-19H,13-17H2,1-3H3,(H,29,34). The number of carbonyl (C=O) groups excluding carboxylic acids is 2. The number of imidazole rings is 1. The van der Waals surface area contributed by atoms with Crippen molar-refractivity contribution in [3.05, 3.63) is 98.5 Å². The molecule has 0 aliphatic rings. The largest absolute Gasteiger partial charge is 0.465 e. The molecular weight excluding hydrogens is 486 g/mol. The van der Waals surface area contributed by atoms with Crippen molar-refractivity contribution < 1.29 is 14.3 Å². The number of benzene rings is 2. The van der Waals surface area contributed by atoms with Crippen LogP contribution in [0.25, 0.3) is 11.2 Å². The van der Waals surface area contributed by atoms with Crippen molar-refractivity contribution in [1.82, 2.24) is 24.0 Å². The minimum atomic E-state index is -0.599. The molecule has 2 aromatic heterocycles. The first-order valence-electron chi connectivity index (χ1n) is 12.4. The van der Waals surface area contributed by atoms with Gasteiger partial charge in [0.2, 0.25) is 5.91 Å². The SMILES string of the molecule is COC(=O)c1ccc(CNC(=O)Cn2c(=O)c3c(ncn3CCC(C)C)n(Cc3ccccc3)c2=O)cc1. The second-order valence-electron chi connectivity index (χ2n) is 9.50. The lowest BCUT2D eigenvalue weighted by Crippen LogP contribution is -2.44. The van der Waals surface area contributed by atoms with Gasteiger partial charge in [0.15, 0.2) is 11.2 Å². The van der Waals surface area contributed by atoms with Crippen LogP contribution in [0.5, 0.6) is 0 Å². The summed E-state index contributed by atoms with van der Waals surface area (Å²) in [6.45, 7) is 4.71. The Hall–Kier alpha value is -4.47. The van der Waals surface area contributed by atoms with E-state index in [-0.39, 0.29) is 13.1 Å². The Morgan fingerprint density at radius 2 is 1.68 bits per heavy atom. The van der Waals surface area contributed by atoms with E-state index in [0.717, 1.165) is 22.1 Å². The number of amides is 1. The molecule has 4 aromatic rings. The Bertz CT molecular complexity index is 1550. The highest BCUT2D eigenvalue weighted by molar-refractivity contribution is 5.89. The third-order valence-electron chi connectivity index (χ3n) is 6.28.